The quantitative estimate of drug-likeness (QED) is 0.788. The first-order valence-corrected chi connectivity index (χ1v) is 8.27. The standard InChI is InChI=1S/C20H16N4O2/c25-19(23-18-7-3-4-10-22-18)13-17-15-5-1-2-6-16(15)20(26)24(17)14-8-11-21-12-9-14/h1-12,17H,13H2,(H,22,23,25). The van der Waals surface area contributed by atoms with Crippen molar-refractivity contribution in [1.82, 2.24) is 9.97 Å². The van der Waals surface area contributed by atoms with Crippen molar-refractivity contribution >= 4 is 23.3 Å². The first-order chi connectivity index (χ1) is 12.7. The van der Waals surface area contributed by atoms with E-state index in [0.717, 1.165) is 11.3 Å². The topological polar surface area (TPSA) is 75.2 Å². The van der Waals surface area contributed by atoms with E-state index in [1.165, 1.54) is 0 Å². The van der Waals surface area contributed by atoms with E-state index in [9.17, 15) is 9.59 Å². The zero-order valence-electron chi connectivity index (χ0n) is 13.9. The minimum absolute atomic E-state index is 0.109. The highest BCUT2D eigenvalue weighted by Gasteiger charge is 2.38. The Morgan fingerprint density at radius 1 is 1.00 bits per heavy atom. The normalized spacial score (nSPS) is 15.6. The predicted octanol–water partition coefficient (Wildman–Crippen LogP) is 3.21. The second-order valence-corrected chi connectivity index (χ2v) is 5.95. The van der Waals surface area contributed by atoms with Crippen molar-refractivity contribution in [1.29, 1.82) is 0 Å². The van der Waals surface area contributed by atoms with Crippen LogP contribution in [-0.2, 0) is 4.79 Å². The zero-order valence-corrected chi connectivity index (χ0v) is 13.9. The summed E-state index contributed by atoms with van der Waals surface area (Å²) in [5, 5.41) is 2.79. The molecule has 2 amide bonds. The Kier molecular flexibility index (Phi) is 4.15. The first kappa shape index (κ1) is 16.0. The van der Waals surface area contributed by atoms with E-state index in [4.69, 9.17) is 0 Å². The maximum absolute atomic E-state index is 12.9. The van der Waals surface area contributed by atoms with Crippen molar-refractivity contribution in [2.75, 3.05) is 10.2 Å². The number of pyridine rings is 2. The van der Waals surface area contributed by atoms with Crippen LogP contribution in [-0.4, -0.2) is 21.8 Å². The third-order valence-corrected chi connectivity index (χ3v) is 4.33. The lowest BCUT2D eigenvalue weighted by atomic mass is 10.0. The van der Waals surface area contributed by atoms with Gasteiger partial charge in [0.15, 0.2) is 0 Å². The van der Waals surface area contributed by atoms with Crippen LogP contribution >= 0.6 is 0 Å². The van der Waals surface area contributed by atoms with E-state index in [0.29, 0.717) is 11.4 Å². The lowest BCUT2D eigenvalue weighted by molar-refractivity contribution is -0.116. The molecule has 26 heavy (non-hydrogen) atoms. The second kappa shape index (κ2) is 6.76. The Morgan fingerprint density at radius 3 is 2.54 bits per heavy atom. The highest BCUT2D eigenvalue weighted by molar-refractivity contribution is 6.11. The van der Waals surface area contributed by atoms with Gasteiger partial charge in [-0.1, -0.05) is 24.3 Å². The number of rotatable bonds is 4. The smallest absolute Gasteiger partial charge is 0.259 e. The zero-order chi connectivity index (χ0) is 17.9. The fourth-order valence-electron chi connectivity index (χ4n) is 3.20. The van der Waals surface area contributed by atoms with E-state index in [1.807, 2.05) is 18.2 Å². The van der Waals surface area contributed by atoms with Crippen LogP contribution in [0.5, 0.6) is 0 Å². The Labute approximate surface area is 150 Å². The molecule has 6 nitrogen and oxygen atoms in total. The molecule has 4 rings (SSSR count). The molecule has 6 heteroatoms. The van der Waals surface area contributed by atoms with Crippen molar-refractivity contribution < 1.29 is 9.59 Å². The van der Waals surface area contributed by atoms with Gasteiger partial charge in [0.2, 0.25) is 5.91 Å². The molecule has 0 saturated heterocycles. The predicted molar refractivity (Wildman–Crippen MR) is 97.7 cm³/mol. The van der Waals surface area contributed by atoms with E-state index >= 15 is 0 Å². The summed E-state index contributed by atoms with van der Waals surface area (Å²) in [4.78, 5) is 35.2. The average Bonchev–Trinajstić information content (AvgIpc) is 2.95. The number of amides is 2. The van der Waals surface area contributed by atoms with Crippen molar-refractivity contribution in [3.05, 3.63) is 84.3 Å². The number of nitrogens with one attached hydrogen (secondary N) is 1. The summed E-state index contributed by atoms with van der Waals surface area (Å²) in [6, 6.07) is 15.9. The summed E-state index contributed by atoms with van der Waals surface area (Å²) in [5.74, 6) is 0.185. The summed E-state index contributed by atoms with van der Waals surface area (Å²) >= 11 is 0. The van der Waals surface area contributed by atoms with Gasteiger partial charge in [-0.3, -0.25) is 14.6 Å². The number of hydrogen-bond acceptors (Lipinski definition) is 4. The lowest BCUT2D eigenvalue weighted by Crippen LogP contribution is -2.30. The number of fused-ring (bicyclic) bond motifs is 1. The van der Waals surface area contributed by atoms with Crippen LogP contribution in [0, 0.1) is 0 Å². The third-order valence-electron chi connectivity index (χ3n) is 4.33. The molecule has 128 valence electrons. The van der Waals surface area contributed by atoms with Gasteiger partial charge >= 0.3 is 0 Å². The molecule has 1 aliphatic heterocycles. The number of carbonyl (C=O) groups is 2. The number of nitrogens with zero attached hydrogens (tertiary/aromatic N) is 3. The molecular formula is C20H16N4O2. The molecule has 3 heterocycles. The number of benzene rings is 1. The molecule has 0 spiro atoms. The fourth-order valence-corrected chi connectivity index (χ4v) is 3.20. The minimum atomic E-state index is -0.371. The molecule has 1 N–H and O–H groups in total. The average molecular weight is 344 g/mol. The Balaban J connectivity index is 1.64. The molecule has 1 unspecified atom stereocenters. The molecule has 0 bridgehead atoms. The maximum atomic E-state index is 12.9. The van der Waals surface area contributed by atoms with E-state index in [-0.39, 0.29) is 24.3 Å². The first-order valence-electron chi connectivity index (χ1n) is 8.27. The SMILES string of the molecule is O=C(CC1c2ccccc2C(=O)N1c1ccncc1)Nc1ccccn1. The van der Waals surface area contributed by atoms with Crippen LogP contribution < -0.4 is 10.2 Å². The van der Waals surface area contributed by atoms with Gasteiger partial charge in [-0.2, -0.15) is 0 Å². The Bertz CT molecular complexity index is 944. The second-order valence-electron chi connectivity index (χ2n) is 5.95. The van der Waals surface area contributed by atoms with Crippen LogP contribution in [0.4, 0.5) is 11.5 Å². The molecule has 0 saturated carbocycles. The number of carbonyl (C=O) groups excluding carboxylic acids is 2. The van der Waals surface area contributed by atoms with E-state index in [1.54, 1.807) is 59.9 Å². The van der Waals surface area contributed by atoms with Crippen molar-refractivity contribution in [3.63, 3.8) is 0 Å². The van der Waals surface area contributed by atoms with Gasteiger partial charge in [0, 0.05) is 29.8 Å². The van der Waals surface area contributed by atoms with Crippen LogP contribution in [0.25, 0.3) is 0 Å². The van der Waals surface area contributed by atoms with Gasteiger partial charge in [0.1, 0.15) is 5.82 Å². The van der Waals surface area contributed by atoms with Crippen LogP contribution in [0.3, 0.4) is 0 Å². The summed E-state index contributed by atoms with van der Waals surface area (Å²) in [7, 11) is 0. The fraction of sp³-hybridized carbons (Fsp3) is 0.100. The van der Waals surface area contributed by atoms with Crippen LogP contribution in [0.1, 0.15) is 28.4 Å². The number of anilines is 2. The highest BCUT2D eigenvalue weighted by Crippen LogP contribution is 2.39. The molecule has 1 aliphatic rings. The highest BCUT2D eigenvalue weighted by atomic mass is 16.2. The third kappa shape index (κ3) is 2.93. The Morgan fingerprint density at radius 2 is 1.77 bits per heavy atom. The van der Waals surface area contributed by atoms with Crippen LogP contribution in [0.2, 0.25) is 0 Å². The molecular weight excluding hydrogens is 328 g/mol. The van der Waals surface area contributed by atoms with E-state index in [2.05, 4.69) is 15.3 Å². The van der Waals surface area contributed by atoms with Crippen molar-refractivity contribution in [3.8, 4) is 0 Å². The minimum Gasteiger partial charge on any atom is -0.311 e. The largest absolute Gasteiger partial charge is 0.311 e. The van der Waals surface area contributed by atoms with Gasteiger partial charge < -0.3 is 10.2 Å². The molecule has 2 aromatic heterocycles. The number of hydrogen-bond donors (Lipinski definition) is 1. The number of aromatic nitrogens is 2. The molecule has 0 radical (unpaired) electrons. The van der Waals surface area contributed by atoms with Gasteiger partial charge in [0.05, 0.1) is 12.5 Å². The van der Waals surface area contributed by atoms with Crippen LogP contribution in [0.15, 0.2) is 73.2 Å². The van der Waals surface area contributed by atoms with E-state index < -0.39 is 0 Å². The molecule has 3 aromatic rings. The maximum Gasteiger partial charge on any atom is 0.259 e. The van der Waals surface area contributed by atoms with Crippen molar-refractivity contribution in [2.45, 2.75) is 12.5 Å². The van der Waals surface area contributed by atoms with Gasteiger partial charge in [-0.05, 0) is 35.9 Å². The summed E-state index contributed by atoms with van der Waals surface area (Å²) in [5.41, 5.74) is 2.20. The summed E-state index contributed by atoms with van der Waals surface area (Å²) < 4.78 is 0. The van der Waals surface area contributed by atoms with Gasteiger partial charge in [-0.25, -0.2) is 4.98 Å². The Hall–Kier alpha value is -3.54. The molecule has 1 atom stereocenters. The molecule has 0 aliphatic carbocycles. The van der Waals surface area contributed by atoms with Gasteiger partial charge in [-0.15, -0.1) is 0 Å². The molecule has 1 aromatic carbocycles. The van der Waals surface area contributed by atoms with Crippen molar-refractivity contribution in [2.24, 2.45) is 0 Å². The monoisotopic (exact) mass is 344 g/mol. The van der Waals surface area contributed by atoms with Gasteiger partial charge in [0.25, 0.3) is 5.91 Å². The summed E-state index contributed by atoms with van der Waals surface area (Å²) in [6.45, 7) is 0. The molecule has 0 fully saturated rings. The lowest BCUT2D eigenvalue weighted by Gasteiger charge is -2.25. The summed E-state index contributed by atoms with van der Waals surface area (Å²) in [6.07, 6.45) is 5.03.